The topological polar surface area (TPSA) is 121 Å². The summed E-state index contributed by atoms with van der Waals surface area (Å²) >= 11 is 0. The van der Waals surface area contributed by atoms with Crippen molar-refractivity contribution in [1.29, 1.82) is 0 Å². The quantitative estimate of drug-likeness (QED) is 0.560. The summed E-state index contributed by atoms with van der Waals surface area (Å²) in [5.74, 6) is -0.545. The van der Waals surface area contributed by atoms with E-state index in [1.165, 1.54) is 17.2 Å². The predicted molar refractivity (Wildman–Crippen MR) is 114 cm³/mol. The van der Waals surface area contributed by atoms with E-state index < -0.39 is 38.4 Å². The molecule has 182 valence electrons. The lowest BCUT2D eigenvalue weighted by molar-refractivity contribution is -0.169. The summed E-state index contributed by atoms with van der Waals surface area (Å²) in [6, 6.07) is 3.64. The molecule has 1 aliphatic heterocycles. The van der Waals surface area contributed by atoms with Gasteiger partial charge in [-0.2, -0.15) is 4.98 Å². The molecule has 0 unspecified atom stereocenters. The third-order valence-corrected chi connectivity index (χ3v) is 5.90. The molecule has 12 heteroatoms. The number of benzene rings is 1. The highest BCUT2D eigenvalue weighted by molar-refractivity contribution is 7.90. The van der Waals surface area contributed by atoms with E-state index in [9.17, 15) is 17.6 Å². The van der Waals surface area contributed by atoms with Crippen molar-refractivity contribution >= 4 is 16.0 Å². The van der Waals surface area contributed by atoms with Gasteiger partial charge in [0.25, 0.3) is 5.89 Å². The van der Waals surface area contributed by atoms with E-state index in [1.807, 2.05) is 0 Å². The van der Waals surface area contributed by atoms with Gasteiger partial charge >= 0.3 is 6.16 Å². The zero-order chi connectivity index (χ0) is 24.4. The number of nitrogens with zero attached hydrogens (tertiary/aromatic N) is 3. The van der Waals surface area contributed by atoms with E-state index >= 15 is 0 Å². The maximum Gasteiger partial charge on any atom is 0.528 e. The van der Waals surface area contributed by atoms with Gasteiger partial charge in [-0.05, 0) is 58.7 Å². The molecule has 1 aromatic carbocycles. The summed E-state index contributed by atoms with van der Waals surface area (Å²) in [6.45, 7) is 8.02. The van der Waals surface area contributed by atoms with Gasteiger partial charge in [-0.15, -0.1) is 5.06 Å². The van der Waals surface area contributed by atoms with Crippen LogP contribution in [-0.2, 0) is 24.1 Å². The molecule has 0 saturated carbocycles. The number of aromatic nitrogens is 2. The molecule has 10 nitrogen and oxygen atoms in total. The average molecular weight is 486 g/mol. The highest BCUT2D eigenvalue weighted by atomic mass is 32.2. The van der Waals surface area contributed by atoms with Crippen LogP contribution in [0.4, 0.5) is 9.18 Å². The first-order valence-electron chi connectivity index (χ1n) is 10.5. The Morgan fingerprint density at radius 3 is 2.52 bits per heavy atom. The van der Waals surface area contributed by atoms with Crippen LogP contribution in [0.1, 0.15) is 52.5 Å². The Morgan fingerprint density at radius 1 is 1.27 bits per heavy atom. The highest BCUT2D eigenvalue weighted by Crippen LogP contribution is 2.26. The molecule has 0 bridgehead atoms. The number of carbonyl (C=O) groups is 1. The molecule has 1 fully saturated rings. The Balaban J connectivity index is 1.54. The van der Waals surface area contributed by atoms with Gasteiger partial charge in [0.1, 0.15) is 22.4 Å². The van der Waals surface area contributed by atoms with Crippen molar-refractivity contribution in [1.82, 2.24) is 15.2 Å². The Kier molecular flexibility index (Phi) is 7.39. The zero-order valence-corrected chi connectivity index (χ0v) is 20.0. The number of carbonyl (C=O) groups excluding carboxylic acids is 1. The lowest BCUT2D eigenvalue weighted by Gasteiger charge is -2.31. The fourth-order valence-electron chi connectivity index (χ4n) is 3.24. The van der Waals surface area contributed by atoms with Crippen LogP contribution in [0.5, 0.6) is 0 Å². The number of hydrogen-bond donors (Lipinski definition) is 0. The molecular weight excluding hydrogens is 457 g/mol. The number of hydrogen-bond acceptors (Lipinski definition) is 10. The van der Waals surface area contributed by atoms with Gasteiger partial charge in [0.05, 0.1) is 6.10 Å². The molecule has 2 heterocycles. The highest BCUT2D eigenvalue weighted by Gasteiger charge is 2.28. The van der Waals surface area contributed by atoms with Crippen LogP contribution in [0, 0.1) is 5.82 Å². The molecule has 0 aliphatic carbocycles. The minimum atomic E-state index is -3.67. The summed E-state index contributed by atoms with van der Waals surface area (Å²) in [4.78, 5) is 20.8. The summed E-state index contributed by atoms with van der Waals surface area (Å²) in [5.41, 5.74) is -0.340. The van der Waals surface area contributed by atoms with Crippen molar-refractivity contribution in [2.45, 2.75) is 63.2 Å². The van der Waals surface area contributed by atoms with Gasteiger partial charge in [0.2, 0.25) is 5.82 Å². The van der Waals surface area contributed by atoms with Gasteiger partial charge in [0, 0.05) is 24.9 Å². The number of sulfone groups is 1. The first kappa shape index (κ1) is 25.1. The molecule has 33 heavy (non-hydrogen) atoms. The van der Waals surface area contributed by atoms with Crippen molar-refractivity contribution < 1.29 is 36.4 Å². The van der Waals surface area contributed by atoms with Crippen LogP contribution >= 0.6 is 0 Å². The van der Waals surface area contributed by atoms with Crippen molar-refractivity contribution in [3.8, 4) is 11.4 Å². The van der Waals surface area contributed by atoms with Crippen LogP contribution in [0.25, 0.3) is 11.4 Å². The van der Waals surface area contributed by atoms with Gasteiger partial charge in [-0.25, -0.2) is 17.6 Å². The average Bonchev–Trinajstić information content (AvgIpc) is 3.17. The number of rotatable bonds is 6. The molecule has 0 amide bonds. The molecule has 1 aliphatic rings. The molecule has 2 aromatic rings. The second kappa shape index (κ2) is 9.74. The Bertz CT molecular complexity index is 1090. The molecule has 0 N–H and O–H groups in total. The number of halogens is 1. The van der Waals surface area contributed by atoms with E-state index in [0.29, 0.717) is 25.9 Å². The molecular formula is C21H28FN3O7S. The van der Waals surface area contributed by atoms with Gasteiger partial charge in [-0.3, -0.25) is 0 Å². The Labute approximate surface area is 191 Å². The zero-order valence-electron chi connectivity index (χ0n) is 19.2. The maximum atomic E-state index is 14.2. The van der Waals surface area contributed by atoms with Crippen LogP contribution in [0.3, 0.4) is 0 Å². The van der Waals surface area contributed by atoms with Crippen molar-refractivity contribution in [2.24, 2.45) is 0 Å². The number of piperidine rings is 1. The number of hydroxylamine groups is 2. The third-order valence-electron chi connectivity index (χ3n) is 4.77. The SMILES string of the molecule is C[C@@H](OC1CCN(OC(=O)OC(C)(C)C)CC1)c1nc(-c2ccc(S(C)(=O)=O)c(F)c2)no1. The molecule has 1 aromatic heterocycles. The first-order valence-corrected chi connectivity index (χ1v) is 12.4. The smallest absolute Gasteiger partial charge is 0.427 e. The van der Waals surface area contributed by atoms with Gasteiger partial charge in [-0.1, -0.05) is 5.16 Å². The minimum Gasteiger partial charge on any atom is -0.427 e. The van der Waals surface area contributed by atoms with Crippen molar-refractivity contribution in [3.05, 3.63) is 29.9 Å². The first-order chi connectivity index (χ1) is 15.3. The largest absolute Gasteiger partial charge is 0.528 e. The van der Waals surface area contributed by atoms with E-state index in [0.717, 1.165) is 12.3 Å². The van der Waals surface area contributed by atoms with Crippen LogP contribution in [0.2, 0.25) is 0 Å². The molecule has 1 saturated heterocycles. The Hall–Kier alpha value is -2.57. The monoisotopic (exact) mass is 485 g/mol. The summed E-state index contributed by atoms with van der Waals surface area (Å²) in [7, 11) is -3.67. The molecule has 3 rings (SSSR count). The maximum absolute atomic E-state index is 14.2. The normalized spacial score (nSPS) is 17.0. The minimum absolute atomic E-state index is 0.111. The van der Waals surface area contributed by atoms with Crippen LogP contribution in [0.15, 0.2) is 27.6 Å². The second-order valence-corrected chi connectivity index (χ2v) is 10.8. The standard InChI is InChI=1S/C21H28FN3O7S/c1-13(29-15-8-10-25(11-9-15)32-20(26)30-21(2,3)4)19-23-18(24-31-19)14-6-7-17(16(22)12-14)33(5,27)28/h6-7,12-13,15H,8-11H2,1-5H3/t13-/m1/s1. The van der Waals surface area contributed by atoms with E-state index in [-0.39, 0.29) is 23.4 Å². The van der Waals surface area contributed by atoms with Crippen LogP contribution < -0.4 is 0 Å². The lowest BCUT2D eigenvalue weighted by atomic mass is 10.1. The summed E-state index contributed by atoms with van der Waals surface area (Å²) in [6.07, 6.45) is 0.799. The molecule has 0 radical (unpaired) electrons. The molecule has 1 atom stereocenters. The number of ether oxygens (including phenoxy) is 2. The van der Waals surface area contributed by atoms with Gasteiger partial charge in [0.15, 0.2) is 9.84 Å². The fraction of sp³-hybridized carbons (Fsp3) is 0.571. The van der Waals surface area contributed by atoms with E-state index in [4.69, 9.17) is 18.8 Å². The summed E-state index contributed by atoms with van der Waals surface area (Å²) in [5, 5.41) is 5.39. The van der Waals surface area contributed by atoms with Crippen molar-refractivity contribution in [2.75, 3.05) is 19.3 Å². The van der Waals surface area contributed by atoms with E-state index in [2.05, 4.69) is 10.1 Å². The van der Waals surface area contributed by atoms with Gasteiger partial charge < -0.3 is 18.8 Å². The fourth-order valence-corrected chi connectivity index (χ4v) is 3.97. The summed E-state index contributed by atoms with van der Waals surface area (Å²) < 4.78 is 53.7. The second-order valence-electron chi connectivity index (χ2n) is 8.84. The third kappa shape index (κ3) is 6.95. The van der Waals surface area contributed by atoms with E-state index in [1.54, 1.807) is 27.7 Å². The van der Waals surface area contributed by atoms with Crippen LogP contribution in [-0.4, -0.2) is 60.8 Å². The lowest BCUT2D eigenvalue weighted by Crippen LogP contribution is -2.40. The Morgan fingerprint density at radius 2 is 1.94 bits per heavy atom. The molecule has 0 spiro atoms. The van der Waals surface area contributed by atoms with Crippen molar-refractivity contribution in [3.63, 3.8) is 0 Å². The predicted octanol–water partition coefficient (Wildman–Crippen LogP) is 3.69.